The summed E-state index contributed by atoms with van der Waals surface area (Å²) in [5.74, 6) is -0.0623. The zero-order chi connectivity index (χ0) is 20.8. The van der Waals surface area contributed by atoms with Gasteiger partial charge < -0.3 is 4.90 Å². The monoisotopic (exact) mass is 472 g/mol. The van der Waals surface area contributed by atoms with Crippen LogP contribution in [0.15, 0.2) is 15.6 Å². The number of carbonyl (C=O) groups is 1. The fourth-order valence-electron chi connectivity index (χ4n) is 3.41. The number of amides is 1. The Morgan fingerprint density at radius 3 is 2.21 bits per heavy atom. The first-order chi connectivity index (χ1) is 13.1. The Morgan fingerprint density at radius 1 is 1.14 bits per heavy atom. The Hall–Kier alpha value is -1.72. The van der Waals surface area contributed by atoms with Gasteiger partial charge in [-0.15, -0.1) is 0 Å². The number of halogens is 1. The number of sulfonamides is 1. The van der Waals surface area contributed by atoms with Crippen LogP contribution in [0.5, 0.6) is 0 Å². The molecule has 2 aromatic heterocycles. The van der Waals surface area contributed by atoms with E-state index in [4.69, 9.17) is 0 Å². The SMILES string of the molecule is Cc1nn(C(C)C(=O)N2CCN(S(=O)(=O)c3cnn(C)c3C)CC2)c(C)c1Br. The van der Waals surface area contributed by atoms with Crippen LogP contribution in [0, 0.1) is 20.8 Å². The van der Waals surface area contributed by atoms with Gasteiger partial charge >= 0.3 is 0 Å². The lowest BCUT2D eigenvalue weighted by Gasteiger charge is -2.35. The van der Waals surface area contributed by atoms with Crippen molar-refractivity contribution in [2.45, 2.75) is 38.6 Å². The highest BCUT2D eigenvalue weighted by Crippen LogP contribution is 2.25. The second kappa shape index (κ2) is 7.60. The average Bonchev–Trinajstić information content (AvgIpc) is 3.14. The molecular weight excluding hydrogens is 448 g/mol. The van der Waals surface area contributed by atoms with Gasteiger partial charge in [-0.1, -0.05) is 0 Å². The molecule has 0 aliphatic carbocycles. The van der Waals surface area contributed by atoms with E-state index >= 15 is 0 Å². The Bertz CT molecular complexity index is 1000. The quantitative estimate of drug-likeness (QED) is 0.670. The molecule has 0 aromatic carbocycles. The van der Waals surface area contributed by atoms with E-state index in [1.807, 2.05) is 20.8 Å². The minimum atomic E-state index is -3.61. The van der Waals surface area contributed by atoms with Crippen molar-refractivity contribution in [3.63, 3.8) is 0 Å². The lowest BCUT2D eigenvalue weighted by atomic mass is 10.2. The summed E-state index contributed by atoms with van der Waals surface area (Å²) < 4.78 is 31.4. The maximum Gasteiger partial charge on any atom is 0.247 e. The van der Waals surface area contributed by atoms with E-state index in [0.717, 1.165) is 15.9 Å². The number of carbonyl (C=O) groups excluding carboxylic acids is 1. The van der Waals surface area contributed by atoms with E-state index in [9.17, 15) is 13.2 Å². The van der Waals surface area contributed by atoms with Crippen LogP contribution in [0.25, 0.3) is 0 Å². The lowest BCUT2D eigenvalue weighted by molar-refractivity contribution is -0.135. The lowest BCUT2D eigenvalue weighted by Crippen LogP contribution is -2.52. The molecule has 2 aromatic rings. The first-order valence-corrected chi connectivity index (χ1v) is 11.3. The molecule has 0 N–H and O–H groups in total. The fraction of sp³-hybridized carbons (Fsp3) is 0.588. The highest BCUT2D eigenvalue weighted by molar-refractivity contribution is 9.10. The normalized spacial score (nSPS) is 17.1. The summed E-state index contributed by atoms with van der Waals surface area (Å²) in [6, 6.07) is -0.450. The Kier molecular flexibility index (Phi) is 5.70. The maximum atomic E-state index is 12.9. The van der Waals surface area contributed by atoms with Gasteiger partial charge in [0.05, 0.1) is 27.8 Å². The van der Waals surface area contributed by atoms with Crippen LogP contribution in [0.4, 0.5) is 0 Å². The maximum absolute atomic E-state index is 12.9. The Balaban J connectivity index is 1.70. The highest BCUT2D eigenvalue weighted by Gasteiger charge is 2.34. The third kappa shape index (κ3) is 3.50. The zero-order valence-corrected chi connectivity index (χ0v) is 19.1. The molecule has 0 spiro atoms. The molecule has 1 aliphatic rings. The first kappa shape index (κ1) is 21.0. The number of hydrogen-bond donors (Lipinski definition) is 0. The molecule has 1 atom stereocenters. The minimum absolute atomic E-state index is 0.0623. The molecule has 1 saturated heterocycles. The predicted octanol–water partition coefficient (Wildman–Crippen LogP) is 1.40. The molecule has 1 amide bonds. The molecule has 1 fully saturated rings. The highest BCUT2D eigenvalue weighted by atomic mass is 79.9. The zero-order valence-electron chi connectivity index (χ0n) is 16.7. The van der Waals surface area contributed by atoms with Gasteiger partial charge in [-0.2, -0.15) is 14.5 Å². The van der Waals surface area contributed by atoms with Crippen LogP contribution in [0.3, 0.4) is 0 Å². The molecule has 0 saturated carbocycles. The number of nitrogens with zero attached hydrogens (tertiary/aromatic N) is 6. The van der Waals surface area contributed by atoms with Crippen LogP contribution in [0.2, 0.25) is 0 Å². The summed E-state index contributed by atoms with van der Waals surface area (Å²) in [5, 5.41) is 8.47. The molecule has 3 heterocycles. The van der Waals surface area contributed by atoms with E-state index in [1.54, 1.807) is 28.2 Å². The molecule has 9 nitrogen and oxygen atoms in total. The van der Waals surface area contributed by atoms with Crippen molar-refractivity contribution >= 4 is 31.9 Å². The van der Waals surface area contributed by atoms with Crippen LogP contribution >= 0.6 is 15.9 Å². The first-order valence-electron chi connectivity index (χ1n) is 9.04. The second-order valence-corrected chi connectivity index (χ2v) is 9.75. The van der Waals surface area contributed by atoms with E-state index in [2.05, 4.69) is 26.1 Å². The smallest absolute Gasteiger partial charge is 0.247 e. The van der Waals surface area contributed by atoms with Crippen LogP contribution < -0.4 is 0 Å². The van der Waals surface area contributed by atoms with E-state index < -0.39 is 16.1 Å². The topological polar surface area (TPSA) is 93.3 Å². The second-order valence-electron chi connectivity index (χ2n) is 7.05. The van der Waals surface area contributed by atoms with Crippen molar-refractivity contribution in [2.24, 2.45) is 7.05 Å². The van der Waals surface area contributed by atoms with Crippen LogP contribution in [-0.2, 0) is 21.9 Å². The Morgan fingerprint density at radius 2 is 1.75 bits per heavy atom. The summed E-state index contributed by atoms with van der Waals surface area (Å²) in [6.45, 7) is 8.56. The van der Waals surface area contributed by atoms with Crippen molar-refractivity contribution in [1.29, 1.82) is 0 Å². The average molecular weight is 473 g/mol. The van der Waals surface area contributed by atoms with E-state index in [1.165, 1.54) is 10.5 Å². The summed E-state index contributed by atoms with van der Waals surface area (Å²) in [4.78, 5) is 14.8. The van der Waals surface area contributed by atoms with Crippen molar-refractivity contribution in [2.75, 3.05) is 26.2 Å². The number of aryl methyl sites for hydroxylation is 2. The fourth-order valence-corrected chi connectivity index (χ4v) is 5.28. The van der Waals surface area contributed by atoms with Crippen molar-refractivity contribution in [3.05, 3.63) is 27.8 Å². The van der Waals surface area contributed by atoms with Gasteiger partial charge in [0, 0.05) is 33.2 Å². The standard InChI is InChI=1S/C17H25BrN6O3S/c1-11-16(18)13(3)24(20-11)14(4)17(25)22-6-8-23(9-7-22)28(26,27)15-10-19-21(5)12(15)2/h10,14H,6-9H2,1-5H3. The van der Waals surface area contributed by atoms with Crippen molar-refractivity contribution < 1.29 is 13.2 Å². The van der Waals surface area contributed by atoms with Crippen LogP contribution in [0.1, 0.15) is 30.0 Å². The number of hydrogen-bond acceptors (Lipinski definition) is 5. The summed E-state index contributed by atoms with van der Waals surface area (Å²) in [6.07, 6.45) is 1.38. The van der Waals surface area contributed by atoms with Crippen LogP contribution in [-0.4, -0.2) is 69.3 Å². The van der Waals surface area contributed by atoms with Crippen molar-refractivity contribution in [1.82, 2.24) is 28.8 Å². The molecule has 154 valence electrons. The van der Waals surface area contributed by atoms with Crippen molar-refractivity contribution in [3.8, 4) is 0 Å². The third-order valence-electron chi connectivity index (χ3n) is 5.32. The van der Waals surface area contributed by atoms with E-state index in [-0.39, 0.29) is 23.9 Å². The Labute approximate surface area is 173 Å². The van der Waals surface area contributed by atoms with Gasteiger partial charge in [0.15, 0.2) is 0 Å². The minimum Gasteiger partial charge on any atom is -0.338 e. The molecular formula is C17H25BrN6O3S. The van der Waals surface area contributed by atoms with Gasteiger partial charge in [0.2, 0.25) is 15.9 Å². The summed E-state index contributed by atoms with van der Waals surface area (Å²) >= 11 is 3.48. The largest absolute Gasteiger partial charge is 0.338 e. The van der Waals surface area contributed by atoms with Gasteiger partial charge in [0.1, 0.15) is 10.9 Å². The van der Waals surface area contributed by atoms with Gasteiger partial charge in [-0.25, -0.2) is 8.42 Å². The van der Waals surface area contributed by atoms with Gasteiger partial charge in [0.25, 0.3) is 0 Å². The number of aromatic nitrogens is 4. The molecule has 3 rings (SSSR count). The van der Waals surface area contributed by atoms with Gasteiger partial charge in [-0.05, 0) is 43.6 Å². The molecule has 28 heavy (non-hydrogen) atoms. The predicted molar refractivity (Wildman–Crippen MR) is 107 cm³/mol. The summed E-state index contributed by atoms with van der Waals surface area (Å²) in [5.41, 5.74) is 2.33. The van der Waals surface area contributed by atoms with E-state index in [0.29, 0.717) is 18.8 Å². The summed E-state index contributed by atoms with van der Waals surface area (Å²) in [7, 11) is -1.90. The van der Waals surface area contributed by atoms with Gasteiger partial charge in [-0.3, -0.25) is 14.2 Å². The molecule has 11 heteroatoms. The molecule has 0 bridgehead atoms. The molecule has 1 unspecified atom stereocenters. The third-order valence-corrected chi connectivity index (χ3v) is 8.47. The molecule has 1 aliphatic heterocycles. The number of piperazine rings is 1. The molecule has 0 radical (unpaired) electrons. The number of rotatable bonds is 4.